The van der Waals surface area contributed by atoms with E-state index in [0.717, 1.165) is 0 Å². The van der Waals surface area contributed by atoms with Crippen molar-refractivity contribution < 1.29 is 14.1 Å². The highest BCUT2D eigenvalue weighted by Gasteiger charge is 2.11. The van der Waals surface area contributed by atoms with Gasteiger partial charge in [0.25, 0.3) is 5.69 Å². The van der Waals surface area contributed by atoms with Crippen LogP contribution in [0.2, 0.25) is 5.02 Å². The van der Waals surface area contributed by atoms with Crippen molar-refractivity contribution in [1.82, 2.24) is 0 Å². The quantitative estimate of drug-likeness (QED) is 0.366. The van der Waals surface area contributed by atoms with Crippen LogP contribution in [-0.2, 0) is 0 Å². The molecule has 0 spiro atoms. The summed E-state index contributed by atoms with van der Waals surface area (Å²) in [6.07, 6.45) is 2.70. The third kappa shape index (κ3) is 3.73. The predicted molar refractivity (Wildman–Crippen MR) is 77.9 cm³/mol. The lowest BCUT2D eigenvalue weighted by molar-refractivity contribution is -0.384. The topological polar surface area (TPSA) is 60.2 Å². The largest absolute Gasteiger partial charge is 0.289 e. The molecule has 106 valence electrons. The van der Waals surface area contributed by atoms with E-state index >= 15 is 0 Å². The second kappa shape index (κ2) is 6.28. The van der Waals surface area contributed by atoms with Gasteiger partial charge < -0.3 is 0 Å². The van der Waals surface area contributed by atoms with E-state index in [1.807, 2.05) is 0 Å². The van der Waals surface area contributed by atoms with Crippen LogP contribution in [0.25, 0.3) is 6.08 Å². The Morgan fingerprint density at radius 2 is 1.86 bits per heavy atom. The lowest BCUT2D eigenvalue weighted by Gasteiger charge is -1.98. The summed E-state index contributed by atoms with van der Waals surface area (Å²) in [6.45, 7) is 0. The van der Waals surface area contributed by atoms with Gasteiger partial charge in [0.2, 0.25) is 0 Å². The van der Waals surface area contributed by atoms with E-state index in [1.165, 1.54) is 48.6 Å². The highest BCUT2D eigenvalue weighted by Crippen LogP contribution is 2.25. The Morgan fingerprint density at radius 1 is 1.19 bits per heavy atom. The molecule has 0 radical (unpaired) electrons. The maximum Gasteiger partial charge on any atom is 0.288 e. The molecule has 4 nitrogen and oxygen atoms in total. The minimum atomic E-state index is -0.596. The van der Waals surface area contributed by atoms with Crippen LogP contribution in [-0.4, -0.2) is 10.7 Å². The van der Waals surface area contributed by atoms with Gasteiger partial charge in [0.1, 0.15) is 10.8 Å². The Bertz CT molecular complexity index is 726. The summed E-state index contributed by atoms with van der Waals surface area (Å²) in [5.41, 5.74) is 0.575. The number of ketones is 1. The number of nitrogens with zero attached hydrogens (tertiary/aromatic N) is 1. The first-order chi connectivity index (χ1) is 9.97. The fourth-order valence-electron chi connectivity index (χ4n) is 1.66. The maximum absolute atomic E-state index is 12.8. The smallest absolute Gasteiger partial charge is 0.288 e. The zero-order valence-corrected chi connectivity index (χ0v) is 11.4. The first kappa shape index (κ1) is 14.9. The van der Waals surface area contributed by atoms with Crippen LogP contribution < -0.4 is 0 Å². The first-order valence-corrected chi connectivity index (χ1v) is 6.27. The highest BCUT2D eigenvalue weighted by molar-refractivity contribution is 6.32. The molecule has 2 rings (SSSR count). The van der Waals surface area contributed by atoms with Crippen molar-refractivity contribution in [2.45, 2.75) is 0 Å². The fraction of sp³-hybridized carbons (Fsp3) is 0. The van der Waals surface area contributed by atoms with Crippen LogP contribution in [0.1, 0.15) is 15.9 Å². The molecular formula is C15H9ClFNO3. The molecule has 0 saturated carbocycles. The van der Waals surface area contributed by atoms with Gasteiger partial charge in [-0.3, -0.25) is 14.9 Å². The normalized spacial score (nSPS) is 10.8. The number of hydrogen-bond donors (Lipinski definition) is 0. The number of nitro groups is 1. The van der Waals surface area contributed by atoms with Crippen LogP contribution in [0.3, 0.4) is 0 Å². The van der Waals surface area contributed by atoms with Gasteiger partial charge in [-0.15, -0.1) is 0 Å². The maximum atomic E-state index is 12.8. The fourth-order valence-corrected chi connectivity index (χ4v) is 1.84. The molecule has 0 saturated heterocycles. The third-order valence-electron chi connectivity index (χ3n) is 2.72. The molecule has 0 atom stereocenters. The summed E-state index contributed by atoms with van der Waals surface area (Å²) in [5.74, 6) is -0.753. The van der Waals surface area contributed by atoms with Gasteiger partial charge in [0.05, 0.1) is 4.92 Å². The summed E-state index contributed by atoms with van der Waals surface area (Å²) < 4.78 is 12.8. The molecule has 0 aliphatic carbocycles. The SMILES string of the molecule is O=C(/C=C\c1ccc(Cl)c([N+](=O)[O-])c1)c1ccc(F)cc1. The first-order valence-electron chi connectivity index (χ1n) is 5.89. The van der Waals surface area contributed by atoms with Crippen LogP contribution in [0.15, 0.2) is 48.5 Å². The van der Waals surface area contributed by atoms with Crippen LogP contribution in [0.4, 0.5) is 10.1 Å². The van der Waals surface area contributed by atoms with E-state index in [9.17, 15) is 19.3 Å². The lowest BCUT2D eigenvalue weighted by Crippen LogP contribution is -1.94. The lowest BCUT2D eigenvalue weighted by atomic mass is 10.1. The Hall–Kier alpha value is -2.53. The second-order valence-electron chi connectivity index (χ2n) is 4.17. The zero-order valence-electron chi connectivity index (χ0n) is 10.6. The van der Waals surface area contributed by atoms with E-state index in [4.69, 9.17) is 11.6 Å². The van der Waals surface area contributed by atoms with Gasteiger partial charge in [0, 0.05) is 11.6 Å². The molecule has 0 N–H and O–H groups in total. The Balaban J connectivity index is 2.21. The molecule has 0 heterocycles. The molecule has 6 heteroatoms. The van der Waals surface area contributed by atoms with Gasteiger partial charge in [-0.1, -0.05) is 23.7 Å². The van der Waals surface area contributed by atoms with Crippen molar-refractivity contribution >= 4 is 29.1 Å². The Kier molecular flexibility index (Phi) is 4.45. The summed E-state index contributed by atoms with van der Waals surface area (Å²) in [5, 5.41) is 10.8. The number of carbonyl (C=O) groups is 1. The molecular weight excluding hydrogens is 297 g/mol. The molecule has 0 unspecified atom stereocenters. The van der Waals surface area contributed by atoms with E-state index in [-0.39, 0.29) is 16.5 Å². The van der Waals surface area contributed by atoms with Crippen LogP contribution in [0.5, 0.6) is 0 Å². The van der Waals surface area contributed by atoms with Gasteiger partial charge in [-0.2, -0.15) is 0 Å². The van der Waals surface area contributed by atoms with Gasteiger partial charge in [-0.25, -0.2) is 4.39 Å². The molecule has 0 aliphatic heterocycles. The Labute approximate surface area is 124 Å². The molecule has 0 aliphatic rings. The predicted octanol–water partition coefficient (Wildman–Crippen LogP) is 4.28. The van der Waals surface area contributed by atoms with Gasteiger partial charge in [-0.05, 0) is 42.0 Å². The number of allylic oxidation sites excluding steroid dienone is 1. The van der Waals surface area contributed by atoms with Crippen molar-refractivity contribution in [3.8, 4) is 0 Å². The standard InChI is InChI=1S/C15H9ClFNO3/c16-13-7-1-10(9-14(13)18(20)21)2-8-15(19)11-3-5-12(17)6-4-11/h1-9H/b8-2-. The number of halogens is 2. The van der Waals surface area contributed by atoms with Crippen LogP contribution >= 0.6 is 11.6 Å². The van der Waals surface area contributed by atoms with E-state index in [1.54, 1.807) is 6.07 Å². The van der Waals surface area contributed by atoms with Crippen LogP contribution in [0, 0.1) is 15.9 Å². The molecule has 21 heavy (non-hydrogen) atoms. The minimum absolute atomic E-state index is 0.0296. The van der Waals surface area contributed by atoms with Gasteiger partial charge in [0.15, 0.2) is 5.78 Å². The number of carbonyl (C=O) groups excluding carboxylic acids is 1. The molecule has 0 bridgehead atoms. The molecule has 0 fully saturated rings. The second-order valence-corrected chi connectivity index (χ2v) is 4.58. The number of rotatable bonds is 4. The number of benzene rings is 2. The third-order valence-corrected chi connectivity index (χ3v) is 3.04. The summed E-state index contributed by atoms with van der Waals surface area (Å²) in [7, 11) is 0. The summed E-state index contributed by atoms with van der Waals surface area (Å²) >= 11 is 5.70. The number of nitro benzene ring substituents is 1. The van der Waals surface area contributed by atoms with E-state index in [0.29, 0.717) is 11.1 Å². The van der Waals surface area contributed by atoms with Crippen molar-refractivity contribution in [2.75, 3.05) is 0 Å². The Morgan fingerprint density at radius 3 is 2.48 bits per heavy atom. The van der Waals surface area contributed by atoms with Crippen molar-refractivity contribution in [3.63, 3.8) is 0 Å². The summed E-state index contributed by atoms with van der Waals surface area (Å²) in [4.78, 5) is 22.0. The molecule has 0 aromatic heterocycles. The van der Waals surface area contributed by atoms with E-state index in [2.05, 4.69) is 0 Å². The van der Waals surface area contributed by atoms with Gasteiger partial charge >= 0.3 is 0 Å². The molecule has 0 amide bonds. The highest BCUT2D eigenvalue weighted by atomic mass is 35.5. The summed E-state index contributed by atoms with van der Waals surface area (Å²) in [6, 6.07) is 9.34. The van der Waals surface area contributed by atoms with Crippen molar-refractivity contribution in [2.24, 2.45) is 0 Å². The molecule has 2 aromatic carbocycles. The zero-order chi connectivity index (χ0) is 15.4. The minimum Gasteiger partial charge on any atom is -0.289 e. The number of hydrogen-bond acceptors (Lipinski definition) is 3. The monoisotopic (exact) mass is 305 g/mol. The average Bonchev–Trinajstić information content (AvgIpc) is 2.46. The molecule has 2 aromatic rings. The average molecular weight is 306 g/mol. The van der Waals surface area contributed by atoms with Crippen molar-refractivity contribution in [3.05, 3.63) is 80.6 Å². The van der Waals surface area contributed by atoms with Crippen molar-refractivity contribution in [1.29, 1.82) is 0 Å². The van der Waals surface area contributed by atoms with E-state index < -0.39 is 10.7 Å².